The van der Waals surface area contributed by atoms with E-state index in [0.29, 0.717) is 18.8 Å². The van der Waals surface area contributed by atoms with Gasteiger partial charge < -0.3 is 9.64 Å². The molecule has 0 saturated carbocycles. The van der Waals surface area contributed by atoms with Gasteiger partial charge >= 0.3 is 0 Å². The van der Waals surface area contributed by atoms with Crippen molar-refractivity contribution in [3.8, 4) is 5.75 Å². The Labute approximate surface area is 179 Å². The van der Waals surface area contributed by atoms with Crippen LogP contribution >= 0.6 is 11.6 Å². The molecular formula is C20H21ClN2O6S. The molecule has 2 aromatic carbocycles. The second-order valence-electron chi connectivity index (χ2n) is 6.99. The van der Waals surface area contributed by atoms with Crippen LogP contribution in [0.4, 0.5) is 5.69 Å². The van der Waals surface area contributed by atoms with E-state index in [1.807, 2.05) is 6.92 Å². The van der Waals surface area contributed by atoms with E-state index < -0.39 is 26.7 Å². The third-order valence-corrected chi connectivity index (χ3v) is 6.96. The van der Waals surface area contributed by atoms with E-state index in [2.05, 4.69) is 0 Å². The molecule has 1 amide bonds. The molecule has 1 aliphatic rings. The van der Waals surface area contributed by atoms with Crippen LogP contribution in [0.25, 0.3) is 0 Å². The standard InChI is InChI=1S/C20H21ClN2O6S/c1-2-29-17-6-3-14(4-7-17)12-22(16-9-10-30(27,28)13-16)20(24)15-5-8-18(21)19(11-15)23(25)26/h3-8,11,16H,2,9-10,12-13H2,1H3. The molecular weight excluding hydrogens is 432 g/mol. The number of carbonyl (C=O) groups excluding carboxylic acids is 1. The monoisotopic (exact) mass is 452 g/mol. The summed E-state index contributed by atoms with van der Waals surface area (Å²) in [6.07, 6.45) is 0.320. The summed E-state index contributed by atoms with van der Waals surface area (Å²) in [4.78, 5) is 25.2. The lowest BCUT2D eigenvalue weighted by Gasteiger charge is -2.28. The Morgan fingerprint density at radius 2 is 1.97 bits per heavy atom. The average Bonchev–Trinajstić information content (AvgIpc) is 3.06. The van der Waals surface area contributed by atoms with Gasteiger partial charge in [-0.15, -0.1) is 0 Å². The molecule has 8 nitrogen and oxygen atoms in total. The van der Waals surface area contributed by atoms with E-state index in [1.54, 1.807) is 24.3 Å². The fraction of sp³-hybridized carbons (Fsp3) is 0.350. The number of amides is 1. The molecule has 10 heteroatoms. The van der Waals surface area contributed by atoms with Crippen molar-refractivity contribution in [2.24, 2.45) is 0 Å². The zero-order valence-corrected chi connectivity index (χ0v) is 17.9. The molecule has 3 rings (SSSR count). The van der Waals surface area contributed by atoms with E-state index in [-0.39, 0.29) is 34.3 Å². The molecule has 0 radical (unpaired) electrons. The van der Waals surface area contributed by atoms with Gasteiger partial charge in [-0.3, -0.25) is 14.9 Å². The van der Waals surface area contributed by atoms with Gasteiger partial charge in [-0.25, -0.2) is 8.42 Å². The highest BCUT2D eigenvalue weighted by Gasteiger charge is 2.35. The predicted molar refractivity (Wildman–Crippen MR) is 113 cm³/mol. The summed E-state index contributed by atoms with van der Waals surface area (Å²) in [6.45, 7) is 2.57. The number of hydrogen-bond donors (Lipinski definition) is 0. The Kier molecular flexibility index (Phi) is 6.62. The van der Waals surface area contributed by atoms with E-state index >= 15 is 0 Å². The van der Waals surface area contributed by atoms with Crippen LogP contribution < -0.4 is 4.74 Å². The van der Waals surface area contributed by atoms with Gasteiger partial charge in [0.2, 0.25) is 0 Å². The Morgan fingerprint density at radius 1 is 1.27 bits per heavy atom. The molecule has 1 unspecified atom stereocenters. The zero-order chi connectivity index (χ0) is 21.9. The lowest BCUT2D eigenvalue weighted by Crippen LogP contribution is -2.40. The highest BCUT2D eigenvalue weighted by atomic mass is 35.5. The fourth-order valence-corrected chi connectivity index (χ4v) is 5.31. The number of ether oxygens (including phenoxy) is 1. The van der Waals surface area contributed by atoms with Gasteiger partial charge in [-0.1, -0.05) is 23.7 Å². The maximum Gasteiger partial charge on any atom is 0.288 e. The number of nitro benzene ring substituents is 1. The van der Waals surface area contributed by atoms with Crippen LogP contribution in [0.1, 0.15) is 29.3 Å². The lowest BCUT2D eigenvalue weighted by molar-refractivity contribution is -0.384. The number of halogens is 1. The Balaban J connectivity index is 1.92. The first-order valence-electron chi connectivity index (χ1n) is 9.37. The maximum absolute atomic E-state index is 13.2. The minimum Gasteiger partial charge on any atom is -0.494 e. The fourth-order valence-electron chi connectivity index (χ4n) is 3.39. The van der Waals surface area contributed by atoms with Crippen molar-refractivity contribution < 1.29 is 22.9 Å². The topological polar surface area (TPSA) is 107 Å². The van der Waals surface area contributed by atoms with E-state index in [4.69, 9.17) is 16.3 Å². The number of benzene rings is 2. The quantitative estimate of drug-likeness (QED) is 0.470. The van der Waals surface area contributed by atoms with Gasteiger partial charge in [0.15, 0.2) is 9.84 Å². The van der Waals surface area contributed by atoms with Crippen molar-refractivity contribution in [2.75, 3.05) is 18.1 Å². The zero-order valence-electron chi connectivity index (χ0n) is 16.3. The van der Waals surface area contributed by atoms with Crippen LogP contribution in [-0.2, 0) is 16.4 Å². The molecule has 1 heterocycles. The summed E-state index contributed by atoms with van der Waals surface area (Å²) in [5.74, 6) is 0.0818. The first kappa shape index (κ1) is 22.0. The van der Waals surface area contributed by atoms with Crippen LogP contribution in [0.15, 0.2) is 42.5 Å². The van der Waals surface area contributed by atoms with Gasteiger partial charge in [0.1, 0.15) is 10.8 Å². The first-order chi connectivity index (χ1) is 14.2. The maximum atomic E-state index is 13.2. The van der Waals surface area contributed by atoms with E-state index in [1.165, 1.54) is 17.0 Å². The van der Waals surface area contributed by atoms with Crippen molar-refractivity contribution in [1.29, 1.82) is 0 Å². The Morgan fingerprint density at radius 3 is 2.53 bits per heavy atom. The van der Waals surface area contributed by atoms with Crippen LogP contribution in [-0.4, -0.2) is 48.3 Å². The van der Waals surface area contributed by atoms with E-state index in [9.17, 15) is 23.3 Å². The third kappa shape index (κ3) is 5.09. The van der Waals surface area contributed by atoms with Crippen molar-refractivity contribution in [2.45, 2.75) is 25.9 Å². The first-order valence-corrected chi connectivity index (χ1v) is 11.6. The second kappa shape index (κ2) is 9.01. The summed E-state index contributed by atoms with van der Waals surface area (Å²) in [5, 5.41) is 11.1. The molecule has 1 atom stereocenters. The number of rotatable bonds is 7. The average molecular weight is 453 g/mol. The molecule has 0 bridgehead atoms. The van der Waals surface area contributed by atoms with Crippen LogP contribution in [0.2, 0.25) is 5.02 Å². The highest BCUT2D eigenvalue weighted by molar-refractivity contribution is 7.91. The SMILES string of the molecule is CCOc1ccc(CN(C(=O)c2ccc(Cl)c([N+](=O)[O-])c2)C2CCS(=O)(=O)C2)cc1. The number of hydrogen-bond acceptors (Lipinski definition) is 6. The van der Waals surface area contributed by atoms with Crippen molar-refractivity contribution in [1.82, 2.24) is 4.90 Å². The molecule has 0 N–H and O–H groups in total. The molecule has 1 aliphatic heterocycles. The second-order valence-corrected chi connectivity index (χ2v) is 9.63. The molecule has 1 saturated heterocycles. The molecule has 30 heavy (non-hydrogen) atoms. The van der Waals surface area contributed by atoms with Crippen LogP contribution in [0, 0.1) is 10.1 Å². The van der Waals surface area contributed by atoms with Crippen LogP contribution in [0.3, 0.4) is 0 Å². The Hall–Kier alpha value is -2.65. The molecule has 0 aliphatic carbocycles. The number of sulfone groups is 1. The third-order valence-electron chi connectivity index (χ3n) is 4.89. The van der Waals surface area contributed by atoms with Gasteiger partial charge in [0.05, 0.1) is 23.0 Å². The predicted octanol–water partition coefficient (Wildman–Crippen LogP) is 3.48. The van der Waals surface area contributed by atoms with Crippen molar-refractivity contribution >= 4 is 33.0 Å². The van der Waals surface area contributed by atoms with Gasteiger partial charge in [-0.2, -0.15) is 0 Å². The summed E-state index contributed by atoms with van der Waals surface area (Å²) in [7, 11) is -3.23. The molecule has 0 spiro atoms. The minimum absolute atomic E-state index is 0.00545. The van der Waals surface area contributed by atoms with Crippen molar-refractivity contribution in [3.05, 3.63) is 68.7 Å². The van der Waals surface area contributed by atoms with Crippen LogP contribution in [0.5, 0.6) is 5.75 Å². The summed E-state index contributed by atoms with van der Waals surface area (Å²) in [6, 6.07) is 10.5. The number of nitrogens with zero attached hydrogens (tertiary/aromatic N) is 2. The van der Waals surface area contributed by atoms with Crippen molar-refractivity contribution in [3.63, 3.8) is 0 Å². The molecule has 160 valence electrons. The number of carbonyl (C=O) groups is 1. The smallest absolute Gasteiger partial charge is 0.288 e. The normalized spacial score (nSPS) is 17.5. The van der Waals surface area contributed by atoms with Gasteiger partial charge in [0.25, 0.3) is 11.6 Å². The van der Waals surface area contributed by atoms with E-state index in [0.717, 1.165) is 11.6 Å². The van der Waals surface area contributed by atoms with Gasteiger partial charge in [-0.05, 0) is 43.2 Å². The molecule has 1 fully saturated rings. The largest absolute Gasteiger partial charge is 0.494 e. The summed E-state index contributed by atoms with van der Waals surface area (Å²) < 4.78 is 29.4. The minimum atomic E-state index is -3.23. The highest BCUT2D eigenvalue weighted by Crippen LogP contribution is 2.28. The molecule has 2 aromatic rings. The summed E-state index contributed by atoms with van der Waals surface area (Å²) >= 11 is 5.85. The molecule has 0 aromatic heterocycles. The number of nitro groups is 1. The lowest BCUT2D eigenvalue weighted by atomic mass is 10.1. The summed E-state index contributed by atoms with van der Waals surface area (Å²) in [5.41, 5.74) is 0.503. The van der Waals surface area contributed by atoms with Gasteiger partial charge in [0, 0.05) is 24.2 Å². The Bertz CT molecular complexity index is 1060.